The van der Waals surface area contributed by atoms with Crippen LogP contribution in [0.1, 0.15) is 5.56 Å². The first-order valence-corrected chi connectivity index (χ1v) is 7.48. The van der Waals surface area contributed by atoms with Gasteiger partial charge in [0.05, 0.1) is 5.75 Å². The van der Waals surface area contributed by atoms with Gasteiger partial charge in [0.15, 0.2) is 9.84 Å². The average Bonchev–Trinajstić information content (AvgIpc) is 2.43. The maximum Gasteiger partial charge on any atom is 0.186 e. The summed E-state index contributed by atoms with van der Waals surface area (Å²) in [5, 5.41) is 0.355. The van der Waals surface area contributed by atoms with Gasteiger partial charge in [0.25, 0.3) is 0 Å². The van der Waals surface area contributed by atoms with Gasteiger partial charge < -0.3 is 4.74 Å². The van der Waals surface area contributed by atoms with Crippen molar-refractivity contribution in [2.75, 3.05) is 0 Å². The minimum atomic E-state index is -3.65. The predicted octanol–water partition coefficient (Wildman–Crippen LogP) is 3.56. The third-order valence-corrected chi connectivity index (χ3v) is 4.78. The molecule has 1 heterocycles. The quantitative estimate of drug-likeness (QED) is 0.747. The van der Waals surface area contributed by atoms with Crippen molar-refractivity contribution in [1.82, 2.24) is 0 Å². The Morgan fingerprint density at radius 1 is 1.16 bits per heavy atom. The van der Waals surface area contributed by atoms with Crippen molar-refractivity contribution >= 4 is 21.4 Å². The second-order valence-electron chi connectivity index (χ2n) is 4.17. The second kappa shape index (κ2) is 4.21. The number of hydrogen-bond donors (Lipinski definition) is 0. The van der Waals surface area contributed by atoms with Crippen LogP contribution in [-0.4, -0.2) is 8.42 Å². The van der Waals surface area contributed by atoms with Crippen LogP contribution in [0.15, 0.2) is 41.3 Å². The number of fused-ring (bicyclic) bond motifs is 2. The van der Waals surface area contributed by atoms with Gasteiger partial charge in [-0.3, -0.25) is 0 Å². The van der Waals surface area contributed by atoms with Crippen LogP contribution in [0.4, 0.5) is 4.39 Å². The molecule has 6 heteroatoms. The minimum absolute atomic E-state index is 0.0208. The third-order valence-electron chi connectivity index (χ3n) is 2.87. The van der Waals surface area contributed by atoms with Crippen molar-refractivity contribution < 1.29 is 17.5 Å². The lowest BCUT2D eigenvalue weighted by Crippen LogP contribution is -2.04. The number of halogens is 2. The third kappa shape index (κ3) is 2.09. The summed E-state index contributed by atoms with van der Waals surface area (Å²) in [7, 11) is -3.65. The maximum atomic E-state index is 13.7. The predicted molar refractivity (Wildman–Crippen MR) is 68.8 cm³/mol. The highest BCUT2D eigenvalue weighted by Gasteiger charge is 2.28. The Labute approximate surface area is 114 Å². The monoisotopic (exact) mass is 298 g/mol. The van der Waals surface area contributed by atoms with Gasteiger partial charge >= 0.3 is 0 Å². The first kappa shape index (κ1) is 12.4. The molecule has 0 saturated heterocycles. The van der Waals surface area contributed by atoms with E-state index in [2.05, 4.69) is 0 Å². The lowest BCUT2D eigenvalue weighted by molar-refractivity contribution is 0.462. The molecule has 0 spiro atoms. The zero-order valence-corrected chi connectivity index (χ0v) is 11.1. The molecule has 3 rings (SSSR count). The molecule has 0 fully saturated rings. The van der Waals surface area contributed by atoms with Gasteiger partial charge in [-0.05, 0) is 24.3 Å². The highest BCUT2D eigenvalue weighted by molar-refractivity contribution is 7.90. The Bertz CT molecular complexity index is 771. The van der Waals surface area contributed by atoms with E-state index in [1.165, 1.54) is 36.4 Å². The number of hydrogen-bond acceptors (Lipinski definition) is 3. The van der Waals surface area contributed by atoms with Crippen LogP contribution in [-0.2, 0) is 15.6 Å². The van der Waals surface area contributed by atoms with E-state index in [-0.39, 0.29) is 22.0 Å². The summed E-state index contributed by atoms with van der Waals surface area (Å²) in [5.74, 6) is -0.703. The zero-order chi connectivity index (χ0) is 13.6. The van der Waals surface area contributed by atoms with Crippen LogP contribution in [0.5, 0.6) is 11.5 Å². The molecule has 2 aromatic rings. The smallest absolute Gasteiger partial charge is 0.186 e. The molecule has 19 heavy (non-hydrogen) atoms. The fraction of sp³-hybridized carbons (Fsp3) is 0.0769. The van der Waals surface area contributed by atoms with Crippen LogP contribution in [0.3, 0.4) is 0 Å². The van der Waals surface area contributed by atoms with Crippen molar-refractivity contribution in [3.63, 3.8) is 0 Å². The van der Waals surface area contributed by atoms with E-state index in [0.29, 0.717) is 5.02 Å². The molecule has 0 aromatic heterocycles. The Morgan fingerprint density at radius 3 is 2.74 bits per heavy atom. The van der Waals surface area contributed by atoms with E-state index < -0.39 is 21.4 Å². The molecule has 1 aliphatic rings. The van der Waals surface area contributed by atoms with Crippen molar-refractivity contribution in [2.45, 2.75) is 10.6 Å². The van der Waals surface area contributed by atoms with Gasteiger partial charge in [0.1, 0.15) is 22.2 Å². The van der Waals surface area contributed by atoms with Gasteiger partial charge in [-0.2, -0.15) is 0 Å². The first-order valence-electron chi connectivity index (χ1n) is 5.45. The van der Waals surface area contributed by atoms with E-state index in [1.807, 2.05) is 0 Å². The van der Waals surface area contributed by atoms with E-state index in [1.54, 1.807) is 0 Å². The fourth-order valence-corrected chi connectivity index (χ4v) is 3.64. The number of sulfone groups is 1. The highest BCUT2D eigenvalue weighted by atomic mass is 35.5. The summed E-state index contributed by atoms with van der Waals surface area (Å²) in [5.41, 5.74) is 0.0369. The molecule has 2 aromatic carbocycles. The summed E-state index contributed by atoms with van der Waals surface area (Å²) in [4.78, 5) is 0.0208. The van der Waals surface area contributed by atoms with Gasteiger partial charge in [0.2, 0.25) is 0 Å². The van der Waals surface area contributed by atoms with Crippen LogP contribution < -0.4 is 4.74 Å². The summed E-state index contributed by atoms with van der Waals surface area (Å²) in [6.45, 7) is 0. The molecule has 0 unspecified atom stereocenters. The van der Waals surface area contributed by atoms with E-state index in [9.17, 15) is 12.8 Å². The number of benzene rings is 2. The molecular formula is C13H8ClFO3S. The molecule has 1 aliphatic heterocycles. The second-order valence-corrected chi connectivity index (χ2v) is 6.56. The molecule has 0 aliphatic carbocycles. The van der Waals surface area contributed by atoms with Crippen LogP contribution in [0.25, 0.3) is 0 Å². The van der Waals surface area contributed by atoms with Crippen LogP contribution in [0.2, 0.25) is 5.02 Å². The molecule has 0 bridgehead atoms. The van der Waals surface area contributed by atoms with E-state index >= 15 is 0 Å². The Hall–Kier alpha value is -1.59. The lowest BCUT2D eigenvalue weighted by atomic mass is 10.2. The SMILES string of the molecule is O=S1(=O)Cc2c(F)cccc2Oc2cc(Cl)ccc21. The first-order chi connectivity index (χ1) is 8.97. The summed E-state index contributed by atoms with van der Waals surface area (Å²) in [6.07, 6.45) is 0. The average molecular weight is 299 g/mol. The van der Waals surface area contributed by atoms with Crippen molar-refractivity contribution in [3.05, 3.63) is 52.8 Å². The summed E-state index contributed by atoms with van der Waals surface area (Å²) >= 11 is 5.83. The van der Waals surface area contributed by atoms with Crippen molar-refractivity contribution in [3.8, 4) is 11.5 Å². The van der Waals surface area contributed by atoms with Crippen molar-refractivity contribution in [1.29, 1.82) is 0 Å². The van der Waals surface area contributed by atoms with E-state index in [0.717, 1.165) is 0 Å². The standard InChI is InChI=1S/C13H8ClFO3S/c14-8-4-5-13-12(6-8)18-11-3-1-2-10(15)9(11)7-19(13,16)17/h1-6H,7H2. The number of ether oxygens (including phenoxy) is 1. The Morgan fingerprint density at radius 2 is 1.95 bits per heavy atom. The molecule has 0 atom stereocenters. The largest absolute Gasteiger partial charge is 0.456 e. The Balaban J connectivity index is 2.30. The van der Waals surface area contributed by atoms with Gasteiger partial charge in [0, 0.05) is 16.7 Å². The van der Waals surface area contributed by atoms with Gasteiger partial charge in [-0.25, -0.2) is 12.8 Å². The lowest BCUT2D eigenvalue weighted by Gasteiger charge is -2.08. The molecule has 0 saturated carbocycles. The molecule has 0 N–H and O–H groups in total. The van der Waals surface area contributed by atoms with Crippen LogP contribution in [0, 0.1) is 5.82 Å². The molecule has 0 amide bonds. The summed E-state index contributed by atoms with van der Waals surface area (Å²) in [6, 6.07) is 8.46. The summed E-state index contributed by atoms with van der Waals surface area (Å²) < 4.78 is 43.7. The normalized spacial score (nSPS) is 15.9. The molecule has 3 nitrogen and oxygen atoms in total. The highest BCUT2D eigenvalue weighted by Crippen LogP contribution is 2.39. The van der Waals surface area contributed by atoms with Gasteiger partial charge in [-0.1, -0.05) is 17.7 Å². The van der Waals surface area contributed by atoms with Crippen LogP contribution >= 0.6 is 11.6 Å². The topological polar surface area (TPSA) is 43.4 Å². The Kier molecular flexibility index (Phi) is 2.76. The molecular weight excluding hydrogens is 291 g/mol. The van der Waals surface area contributed by atoms with E-state index in [4.69, 9.17) is 16.3 Å². The van der Waals surface area contributed by atoms with Crippen molar-refractivity contribution in [2.24, 2.45) is 0 Å². The molecule has 0 radical (unpaired) electrons. The van der Waals surface area contributed by atoms with Gasteiger partial charge in [-0.15, -0.1) is 0 Å². The fourth-order valence-electron chi connectivity index (χ4n) is 1.98. The minimum Gasteiger partial charge on any atom is -0.456 e. The maximum absolute atomic E-state index is 13.7. The molecule has 98 valence electrons. The number of rotatable bonds is 0. The zero-order valence-electron chi connectivity index (χ0n) is 9.56.